The van der Waals surface area contributed by atoms with Crippen LogP contribution in [-0.4, -0.2) is 40.2 Å². The maximum absolute atomic E-state index is 14.4. The molecule has 10 nitrogen and oxygen atoms in total. The number of sulfonamides is 1. The number of aromatic nitrogens is 4. The minimum Gasteiger partial charge on any atom is -0.439 e. The number of benzene rings is 2. The highest BCUT2D eigenvalue weighted by Gasteiger charge is 2.22. The standard InChI is InChI=1S/C26H22ClFN6O4S/c1-13-7-23(38-17-6-4-5-16(27)10-17)31-14(2)24(13)34-26(29)18(12-30-34)25(35)22-9-15-8-19(28)21(11-20(15)32-22)33-39(3,36)37/h4-12,32-33H,29H2,1-3H3. The molecule has 0 atom stereocenters. The van der Waals surface area contributed by atoms with Gasteiger partial charge in [0, 0.05) is 22.0 Å². The van der Waals surface area contributed by atoms with Crippen molar-refractivity contribution in [1.29, 1.82) is 0 Å². The molecule has 0 saturated heterocycles. The minimum atomic E-state index is -3.69. The first-order chi connectivity index (χ1) is 18.4. The number of nitrogens with two attached hydrogens (primary N) is 1. The number of anilines is 2. The van der Waals surface area contributed by atoms with E-state index in [2.05, 4.69) is 19.8 Å². The highest BCUT2D eigenvalue weighted by atomic mass is 35.5. The first kappa shape index (κ1) is 26.2. The van der Waals surface area contributed by atoms with Gasteiger partial charge in [-0.25, -0.2) is 22.5 Å². The molecule has 13 heteroatoms. The van der Waals surface area contributed by atoms with Crippen LogP contribution in [0.2, 0.25) is 5.02 Å². The number of halogens is 2. The zero-order chi connectivity index (χ0) is 28.1. The summed E-state index contributed by atoms with van der Waals surface area (Å²) in [4.78, 5) is 20.7. The Kier molecular flexibility index (Phi) is 6.52. The second-order valence-electron chi connectivity index (χ2n) is 8.93. The number of hydrogen-bond donors (Lipinski definition) is 3. The van der Waals surface area contributed by atoms with Crippen molar-refractivity contribution in [2.24, 2.45) is 0 Å². The van der Waals surface area contributed by atoms with Gasteiger partial charge >= 0.3 is 0 Å². The molecule has 0 bridgehead atoms. The third-order valence-corrected chi connectivity index (χ3v) is 6.69. The van der Waals surface area contributed by atoms with E-state index in [1.165, 1.54) is 23.0 Å². The van der Waals surface area contributed by atoms with Crippen molar-refractivity contribution in [3.05, 3.63) is 88.1 Å². The first-order valence-corrected chi connectivity index (χ1v) is 13.8. The molecule has 0 radical (unpaired) electrons. The first-order valence-electron chi connectivity index (χ1n) is 11.5. The zero-order valence-corrected chi connectivity index (χ0v) is 22.5. The van der Waals surface area contributed by atoms with Crippen molar-refractivity contribution in [2.75, 3.05) is 16.7 Å². The van der Waals surface area contributed by atoms with Gasteiger partial charge in [-0.2, -0.15) is 5.10 Å². The fraction of sp³-hybridized carbons (Fsp3) is 0.115. The van der Waals surface area contributed by atoms with Crippen molar-refractivity contribution in [3.8, 4) is 17.3 Å². The van der Waals surface area contributed by atoms with Gasteiger partial charge in [0.1, 0.15) is 17.4 Å². The lowest BCUT2D eigenvalue weighted by Crippen LogP contribution is -2.10. The van der Waals surface area contributed by atoms with Gasteiger partial charge in [-0.05, 0) is 55.8 Å². The van der Waals surface area contributed by atoms with E-state index in [-0.39, 0.29) is 22.8 Å². The van der Waals surface area contributed by atoms with Crippen LogP contribution in [0.15, 0.2) is 54.7 Å². The number of fused-ring (bicyclic) bond motifs is 1. The summed E-state index contributed by atoms with van der Waals surface area (Å²) in [5.41, 5.74) is 8.63. The number of carbonyl (C=O) groups excluding carboxylic acids is 1. The van der Waals surface area contributed by atoms with Crippen LogP contribution in [0.4, 0.5) is 15.9 Å². The van der Waals surface area contributed by atoms with E-state index in [0.717, 1.165) is 17.9 Å². The van der Waals surface area contributed by atoms with E-state index < -0.39 is 21.6 Å². The number of carbonyl (C=O) groups is 1. The molecule has 5 rings (SSSR count). The van der Waals surface area contributed by atoms with Crippen LogP contribution >= 0.6 is 11.6 Å². The van der Waals surface area contributed by atoms with Crippen LogP contribution in [0.1, 0.15) is 27.3 Å². The van der Waals surface area contributed by atoms with Crippen molar-refractivity contribution in [2.45, 2.75) is 13.8 Å². The second-order valence-corrected chi connectivity index (χ2v) is 11.1. The third-order valence-electron chi connectivity index (χ3n) is 5.86. The van der Waals surface area contributed by atoms with Crippen LogP contribution in [0, 0.1) is 19.7 Å². The quantitative estimate of drug-likeness (QED) is 0.231. The molecule has 2 aromatic carbocycles. The number of pyridine rings is 1. The maximum Gasteiger partial charge on any atom is 0.229 e. The van der Waals surface area contributed by atoms with Gasteiger partial charge in [0.25, 0.3) is 0 Å². The number of aryl methyl sites for hydroxylation is 2. The normalized spacial score (nSPS) is 11.6. The number of hydrogen-bond acceptors (Lipinski definition) is 7. The summed E-state index contributed by atoms with van der Waals surface area (Å²) in [6.07, 6.45) is 2.26. The van der Waals surface area contributed by atoms with E-state index in [4.69, 9.17) is 22.1 Å². The van der Waals surface area contributed by atoms with Gasteiger partial charge in [0.15, 0.2) is 0 Å². The molecule has 0 fully saturated rings. The number of ether oxygens (including phenoxy) is 1. The Morgan fingerprint density at radius 1 is 1.18 bits per heavy atom. The van der Waals surface area contributed by atoms with Crippen molar-refractivity contribution < 1.29 is 22.3 Å². The Bertz CT molecular complexity index is 1860. The molecule has 200 valence electrons. The van der Waals surface area contributed by atoms with E-state index in [1.54, 1.807) is 37.3 Å². The molecule has 3 aromatic heterocycles. The lowest BCUT2D eigenvalue weighted by molar-refractivity contribution is 0.103. The van der Waals surface area contributed by atoms with Crippen molar-refractivity contribution in [1.82, 2.24) is 19.7 Å². The Morgan fingerprint density at radius 3 is 2.64 bits per heavy atom. The lowest BCUT2D eigenvalue weighted by Gasteiger charge is -2.14. The van der Waals surface area contributed by atoms with Gasteiger partial charge in [-0.3, -0.25) is 9.52 Å². The largest absolute Gasteiger partial charge is 0.439 e. The number of rotatable bonds is 7. The SMILES string of the molecule is Cc1cc(Oc2cccc(Cl)c2)nc(C)c1-n1ncc(C(=O)c2cc3cc(F)c(NS(C)(=O)=O)cc3[nH]2)c1N. The number of nitrogens with one attached hydrogen (secondary N) is 2. The highest BCUT2D eigenvalue weighted by Crippen LogP contribution is 2.30. The lowest BCUT2D eigenvalue weighted by atomic mass is 10.1. The summed E-state index contributed by atoms with van der Waals surface area (Å²) in [5.74, 6) is -0.281. The predicted molar refractivity (Wildman–Crippen MR) is 147 cm³/mol. The van der Waals surface area contributed by atoms with Gasteiger partial charge in [0.05, 0.1) is 40.8 Å². The summed E-state index contributed by atoms with van der Waals surface area (Å²) in [6.45, 7) is 3.61. The van der Waals surface area contributed by atoms with Crippen molar-refractivity contribution >= 4 is 49.8 Å². The van der Waals surface area contributed by atoms with Gasteiger partial charge < -0.3 is 15.5 Å². The Hall–Kier alpha value is -4.42. The molecule has 0 aliphatic heterocycles. The highest BCUT2D eigenvalue weighted by molar-refractivity contribution is 7.92. The molecule has 0 saturated carbocycles. The van der Waals surface area contributed by atoms with Crippen LogP contribution in [0.3, 0.4) is 0 Å². The summed E-state index contributed by atoms with van der Waals surface area (Å²) < 4.78 is 46.8. The molecule has 0 spiro atoms. The predicted octanol–water partition coefficient (Wildman–Crippen LogP) is 5.13. The second kappa shape index (κ2) is 9.71. The van der Waals surface area contributed by atoms with Crippen LogP contribution in [0.25, 0.3) is 16.6 Å². The van der Waals surface area contributed by atoms with E-state index >= 15 is 0 Å². The summed E-state index contributed by atoms with van der Waals surface area (Å²) in [7, 11) is -3.69. The molecule has 4 N–H and O–H groups in total. The maximum atomic E-state index is 14.4. The zero-order valence-electron chi connectivity index (χ0n) is 20.9. The van der Waals surface area contributed by atoms with Crippen LogP contribution in [-0.2, 0) is 10.0 Å². The average Bonchev–Trinajstić information content (AvgIpc) is 3.41. The molecular formula is C26H22ClFN6O4S. The molecule has 5 aromatic rings. The van der Waals surface area contributed by atoms with Crippen LogP contribution < -0.4 is 15.2 Å². The molecule has 3 heterocycles. The summed E-state index contributed by atoms with van der Waals surface area (Å²) in [5, 5.41) is 5.24. The van der Waals surface area contributed by atoms with E-state index in [9.17, 15) is 17.6 Å². The van der Waals surface area contributed by atoms with Gasteiger partial charge in [-0.1, -0.05) is 17.7 Å². The molecule has 39 heavy (non-hydrogen) atoms. The summed E-state index contributed by atoms with van der Waals surface area (Å²) >= 11 is 6.03. The third kappa shape index (κ3) is 5.29. The topological polar surface area (TPSA) is 145 Å². The Morgan fingerprint density at radius 2 is 1.95 bits per heavy atom. The van der Waals surface area contributed by atoms with Crippen molar-refractivity contribution in [3.63, 3.8) is 0 Å². The minimum absolute atomic E-state index is 0.0841. The number of aromatic amines is 1. The Labute approximate surface area is 227 Å². The fourth-order valence-corrected chi connectivity index (χ4v) is 4.96. The number of H-pyrrole nitrogens is 1. The summed E-state index contributed by atoms with van der Waals surface area (Å²) in [6, 6.07) is 12.5. The Balaban J connectivity index is 1.46. The molecule has 0 aliphatic carbocycles. The molecule has 0 unspecified atom stereocenters. The number of ketones is 1. The number of nitrogen functional groups attached to an aromatic ring is 1. The van der Waals surface area contributed by atoms with Crippen LogP contribution in [0.5, 0.6) is 11.6 Å². The van der Waals surface area contributed by atoms with Gasteiger partial charge in [-0.15, -0.1) is 0 Å². The fourth-order valence-electron chi connectivity index (χ4n) is 4.22. The average molecular weight is 569 g/mol. The van der Waals surface area contributed by atoms with E-state index in [1.807, 2.05) is 6.92 Å². The van der Waals surface area contributed by atoms with E-state index in [0.29, 0.717) is 38.9 Å². The molecule has 0 aliphatic rings. The monoisotopic (exact) mass is 568 g/mol. The molecule has 0 amide bonds. The molecular weight excluding hydrogens is 547 g/mol. The van der Waals surface area contributed by atoms with Gasteiger partial charge in [0.2, 0.25) is 21.7 Å². The number of nitrogens with zero attached hydrogens (tertiary/aromatic N) is 3. The smallest absolute Gasteiger partial charge is 0.229 e.